The molecule has 2 aliphatic heterocycles. The third-order valence-electron chi connectivity index (χ3n) is 8.66. The Balaban J connectivity index is 1.09. The van der Waals surface area contributed by atoms with Crippen LogP contribution in [-0.4, -0.2) is 77.4 Å². The normalized spacial score (nSPS) is 22.3. The lowest BCUT2D eigenvalue weighted by atomic mass is 9.67. The van der Waals surface area contributed by atoms with Crippen LogP contribution in [0.4, 0.5) is 13.2 Å². The maximum atomic E-state index is 13.5. The van der Waals surface area contributed by atoms with Crippen LogP contribution in [0.2, 0.25) is 0 Å². The number of alkyl halides is 3. The van der Waals surface area contributed by atoms with Crippen molar-refractivity contribution in [3.8, 4) is 17.0 Å². The smallest absolute Gasteiger partial charge is 0.395 e. The molecule has 1 aliphatic carbocycles. The van der Waals surface area contributed by atoms with Crippen LogP contribution in [0.25, 0.3) is 11.1 Å². The molecule has 38 heavy (non-hydrogen) atoms. The van der Waals surface area contributed by atoms with Gasteiger partial charge in [0.15, 0.2) is 0 Å². The monoisotopic (exact) mass is 531 g/mol. The fraction of sp³-hybridized carbons (Fsp3) is 0.586. The van der Waals surface area contributed by atoms with E-state index in [1.807, 2.05) is 41.3 Å². The number of nitrogens with zero attached hydrogens (tertiary/aromatic N) is 3. The zero-order valence-electron chi connectivity index (χ0n) is 21.6. The minimum absolute atomic E-state index is 0.00824. The van der Waals surface area contributed by atoms with E-state index in [4.69, 9.17) is 4.74 Å². The van der Waals surface area contributed by atoms with Gasteiger partial charge in [0, 0.05) is 36.5 Å². The Morgan fingerprint density at radius 3 is 2.29 bits per heavy atom. The minimum atomic E-state index is -4.11. The van der Waals surface area contributed by atoms with Crippen LogP contribution >= 0.6 is 0 Å². The van der Waals surface area contributed by atoms with E-state index >= 15 is 0 Å². The van der Waals surface area contributed by atoms with Crippen molar-refractivity contribution in [2.24, 2.45) is 11.3 Å². The van der Waals surface area contributed by atoms with Crippen molar-refractivity contribution in [2.75, 3.05) is 39.4 Å². The van der Waals surface area contributed by atoms with Gasteiger partial charge in [-0.25, -0.2) is 4.98 Å². The maximum Gasteiger partial charge on any atom is 0.395 e. The van der Waals surface area contributed by atoms with E-state index in [1.165, 1.54) is 0 Å². The van der Waals surface area contributed by atoms with Gasteiger partial charge >= 0.3 is 6.18 Å². The highest BCUT2D eigenvalue weighted by molar-refractivity contribution is 5.95. The summed E-state index contributed by atoms with van der Waals surface area (Å²) in [6.45, 7) is 2.65. The number of pyridine rings is 1. The molecule has 3 heterocycles. The summed E-state index contributed by atoms with van der Waals surface area (Å²) in [6.07, 6.45) is 2.22. The lowest BCUT2D eigenvalue weighted by Crippen LogP contribution is -2.53. The fourth-order valence-corrected chi connectivity index (χ4v) is 5.98. The third-order valence-corrected chi connectivity index (χ3v) is 8.66. The van der Waals surface area contributed by atoms with Gasteiger partial charge in [-0.05, 0) is 81.3 Å². The number of benzene rings is 1. The van der Waals surface area contributed by atoms with Crippen LogP contribution in [0.1, 0.15) is 55.3 Å². The molecule has 1 aromatic carbocycles. The number of carbonyl (C=O) groups is 1. The summed E-state index contributed by atoms with van der Waals surface area (Å²) in [7, 11) is 0. The van der Waals surface area contributed by atoms with Gasteiger partial charge in [-0.2, -0.15) is 13.2 Å². The number of carbonyl (C=O) groups excluding carboxylic acids is 1. The van der Waals surface area contributed by atoms with Gasteiger partial charge in [0.05, 0.1) is 24.7 Å². The maximum absolute atomic E-state index is 13.5. The molecular weight excluding hydrogens is 495 g/mol. The molecule has 0 radical (unpaired) electrons. The largest absolute Gasteiger partial charge is 0.477 e. The highest BCUT2D eigenvalue weighted by atomic mass is 19.4. The molecule has 0 spiro atoms. The molecule has 2 saturated heterocycles. The van der Waals surface area contributed by atoms with E-state index in [-0.39, 0.29) is 37.9 Å². The standard InChI is InChI=1S/C29H36F3N3O3/c30-29(31,32)28(12-2-13-28)20-34-15-10-21(11-16-34)19-38-26-9-8-24(17-33-26)22-4-6-23(7-5-22)27(37)35-14-1-3-25(35)18-36/h4-9,17,21,25,36H,1-3,10-16,18-20H2/t25-/m1/s1. The molecule has 5 rings (SSSR count). The summed E-state index contributed by atoms with van der Waals surface area (Å²) in [5.41, 5.74) is 0.966. The first-order valence-corrected chi connectivity index (χ1v) is 13.7. The van der Waals surface area contributed by atoms with Gasteiger partial charge in [-0.3, -0.25) is 4.79 Å². The molecule has 1 atom stereocenters. The minimum Gasteiger partial charge on any atom is -0.477 e. The first-order valence-electron chi connectivity index (χ1n) is 13.7. The van der Waals surface area contributed by atoms with E-state index in [0.29, 0.717) is 50.0 Å². The SMILES string of the molecule is O=C(c1ccc(-c2ccc(OCC3CCN(CC4(C(F)(F)F)CCC4)CC3)nc2)cc1)N1CCC[C@@H]1CO. The van der Waals surface area contributed by atoms with E-state index in [2.05, 4.69) is 4.98 Å². The quantitative estimate of drug-likeness (QED) is 0.509. The van der Waals surface area contributed by atoms with E-state index in [9.17, 15) is 23.1 Å². The molecule has 1 amide bonds. The zero-order chi connectivity index (χ0) is 26.8. The number of ether oxygens (including phenoxy) is 1. The molecule has 0 unspecified atom stereocenters. The number of rotatable bonds is 8. The summed E-state index contributed by atoms with van der Waals surface area (Å²) in [6, 6.07) is 11.1. The van der Waals surface area contributed by atoms with Crippen LogP contribution in [0.15, 0.2) is 42.6 Å². The van der Waals surface area contributed by atoms with Crippen LogP contribution in [-0.2, 0) is 0 Å². The number of hydrogen-bond donors (Lipinski definition) is 1. The van der Waals surface area contributed by atoms with Gasteiger partial charge < -0.3 is 19.6 Å². The van der Waals surface area contributed by atoms with Crippen LogP contribution in [0.3, 0.4) is 0 Å². The van der Waals surface area contributed by atoms with Crippen molar-refractivity contribution in [1.82, 2.24) is 14.8 Å². The number of likely N-dealkylation sites (tertiary alicyclic amines) is 2. The summed E-state index contributed by atoms with van der Waals surface area (Å²) in [4.78, 5) is 20.9. The fourth-order valence-electron chi connectivity index (χ4n) is 5.98. The van der Waals surface area contributed by atoms with Gasteiger partial charge in [0.25, 0.3) is 5.91 Å². The van der Waals surface area contributed by atoms with Gasteiger partial charge in [0.2, 0.25) is 5.88 Å². The average molecular weight is 532 g/mol. The second kappa shape index (κ2) is 11.2. The molecule has 3 fully saturated rings. The number of hydrogen-bond acceptors (Lipinski definition) is 5. The Morgan fingerprint density at radius 1 is 1.00 bits per heavy atom. The van der Waals surface area contributed by atoms with E-state index in [0.717, 1.165) is 36.8 Å². The molecule has 1 saturated carbocycles. The van der Waals surface area contributed by atoms with Crippen molar-refractivity contribution in [2.45, 2.75) is 57.2 Å². The Kier molecular flexibility index (Phi) is 7.95. The molecule has 1 N–H and O–H groups in total. The second-order valence-corrected chi connectivity index (χ2v) is 11.1. The number of amides is 1. The molecule has 3 aliphatic rings. The van der Waals surface area contributed by atoms with Gasteiger partial charge in [0.1, 0.15) is 0 Å². The number of aliphatic hydroxyl groups excluding tert-OH is 1. The first-order chi connectivity index (χ1) is 18.3. The zero-order valence-corrected chi connectivity index (χ0v) is 21.6. The van der Waals surface area contributed by atoms with Crippen molar-refractivity contribution >= 4 is 5.91 Å². The molecule has 1 aromatic heterocycles. The summed E-state index contributed by atoms with van der Waals surface area (Å²) in [5.74, 6) is 0.781. The molecule has 2 aromatic rings. The lowest BCUT2D eigenvalue weighted by molar-refractivity contribution is -0.256. The van der Waals surface area contributed by atoms with Crippen LogP contribution < -0.4 is 4.74 Å². The molecular formula is C29H36F3N3O3. The number of aromatic nitrogens is 1. The van der Waals surface area contributed by atoms with Gasteiger partial charge in [-0.15, -0.1) is 0 Å². The Bertz CT molecular complexity index is 1080. The van der Waals surface area contributed by atoms with Crippen LogP contribution in [0, 0.1) is 11.3 Å². The number of aliphatic hydroxyl groups is 1. The van der Waals surface area contributed by atoms with Crippen molar-refractivity contribution in [3.63, 3.8) is 0 Å². The molecule has 0 bridgehead atoms. The molecule has 9 heteroatoms. The van der Waals surface area contributed by atoms with Crippen LogP contribution in [0.5, 0.6) is 5.88 Å². The Morgan fingerprint density at radius 2 is 1.71 bits per heavy atom. The third kappa shape index (κ3) is 5.69. The average Bonchev–Trinajstić information content (AvgIpc) is 3.38. The van der Waals surface area contributed by atoms with Crippen molar-refractivity contribution in [1.29, 1.82) is 0 Å². The van der Waals surface area contributed by atoms with Gasteiger partial charge in [-0.1, -0.05) is 18.6 Å². The highest BCUT2D eigenvalue weighted by Crippen LogP contribution is 2.53. The summed E-state index contributed by atoms with van der Waals surface area (Å²) < 4.78 is 46.4. The molecule has 206 valence electrons. The van der Waals surface area contributed by atoms with Crippen molar-refractivity contribution in [3.05, 3.63) is 48.2 Å². The topological polar surface area (TPSA) is 65.9 Å². The highest BCUT2D eigenvalue weighted by Gasteiger charge is 2.58. The first kappa shape index (κ1) is 26.9. The number of halogens is 3. The van der Waals surface area contributed by atoms with E-state index in [1.54, 1.807) is 11.1 Å². The predicted octanol–water partition coefficient (Wildman–Crippen LogP) is 5.17. The predicted molar refractivity (Wildman–Crippen MR) is 138 cm³/mol. The molecule has 6 nitrogen and oxygen atoms in total. The van der Waals surface area contributed by atoms with E-state index < -0.39 is 11.6 Å². The number of piperidine rings is 1. The lowest BCUT2D eigenvalue weighted by Gasteiger charge is -2.47. The second-order valence-electron chi connectivity index (χ2n) is 11.1. The Labute approximate surface area is 221 Å². The summed E-state index contributed by atoms with van der Waals surface area (Å²) >= 11 is 0. The van der Waals surface area contributed by atoms with Crippen molar-refractivity contribution < 1.29 is 27.8 Å². The summed E-state index contributed by atoms with van der Waals surface area (Å²) in [5, 5.41) is 9.49. The Hall–Kier alpha value is -2.65.